The molecule has 2 N–H and O–H groups in total. The van der Waals surface area contributed by atoms with Gasteiger partial charge in [-0.3, -0.25) is 9.59 Å². The predicted octanol–water partition coefficient (Wildman–Crippen LogP) is 1.94. The maximum absolute atomic E-state index is 11.9. The van der Waals surface area contributed by atoms with Crippen LogP contribution in [0.1, 0.15) is 18.7 Å². The van der Waals surface area contributed by atoms with Gasteiger partial charge in [-0.05, 0) is 31.0 Å². The number of oxazole rings is 1. The first-order chi connectivity index (χ1) is 9.01. The molecule has 1 aromatic heterocycles. The van der Waals surface area contributed by atoms with Crippen molar-refractivity contribution in [2.24, 2.45) is 5.41 Å². The third-order valence-corrected chi connectivity index (χ3v) is 3.35. The zero-order chi connectivity index (χ0) is 13.6. The van der Waals surface area contributed by atoms with Crippen molar-refractivity contribution >= 4 is 28.7 Å². The summed E-state index contributed by atoms with van der Waals surface area (Å²) < 4.78 is 5.33. The Morgan fingerprint density at radius 2 is 2.16 bits per heavy atom. The Morgan fingerprint density at radius 1 is 1.42 bits per heavy atom. The van der Waals surface area contributed by atoms with Crippen molar-refractivity contribution in [1.29, 1.82) is 0 Å². The number of carboxylic acids is 1. The number of amides is 1. The van der Waals surface area contributed by atoms with Crippen LogP contribution < -0.4 is 5.32 Å². The van der Waals surface area contributed by atoms with E-state index < -0.39 is 17.3 Å². The molecular weight excluding hydrogens is 248 g/mol. The van der Waals surface area contributed by atoms with Crippen LogP contribution in [-0.4, -0.2) is 22.0 Å². The Kier molecular flexibility index (Phi) is 2.35. The molecule has 0 atom stereocenters. The van der Waals surface area contributed by atoms with E-state index in [-0.39, 0.29) is 0 Å². The van der Waals surface area contributed by atoms with Crippen molar-refractivity contribution in [3.05, 3.63) is 24.1 Å². The van der Waals surface area contributed by atoms with Crippen LogP contribution in [0.3, 0.4) is 0 Å². The minimum atomic E-state index is -1.24. The van der Waals surface area contributed by atoms with Gasteiger partial charge in [-0.1, -0.05) is 0 Å². The van der Waals surface area contributed by atoms with E-state index in [9.17, 15) is 9.59 Å². The number of benzene rings is 1. The van der Waals surface area contributed by atoms with Crippen LogP contribution in [0.25, 0.3) is 11.1 Å². The molecule has 6 nitrogen and oxygen atoms in total. The number of aromatic nitrogens is 1. The second-order valence-electron chi connectivity index (χ2n) is 4.76. The van der Waals surface area contributed by atoms with E-state index in [1.54, 1.807) is 25.1 Å². The second kappa shape index (κ2) is 3.81. The fraction of sp³-hybridized carbons (Fsp3) is 0.308. The smallest absolute Gasteiger partial charge is 0.319 e. The zero-order valence-corrected chi connectivity index (χ0v) is 10.3. The van der Waals surface area contributed by atoms with E-state index in [1.807, 2.05) is 0 Å². The van der Waals surface area contributed by atoms with E-state index in [1.165, 1.54) is 0 Å². The van der Waals surface area contributed by atoms with Crippen LogP contribution in [-0.2, 0) is 9.59 Å². The fourth-order valence-corrected chi connectivity index (χ4v) is 2.03. The first-order valence-electron chi connectivity index (χ1n) is 5.93. The molecule has 1 aliphatic rings. The van der Waals surface area contributed by atoms with Gasteiger partial charge in [0.15, 0.2) is 11.5 Å². The molecule has 1 heterocycles. The Labute approximate surface area is 108 Å². The topological polar surface area (TPSA) is 92.4 Å². The Hall–Kier alpha value is -2.37. The molecule has 0 bridgehead atoms. The lowest BCUT2D eigenvalue weighted by Gasteiger charge is -2.10. The highest BCUT2D eigenvalue weighted by molar-refractivity contribution is 6.11. The number of rotatable bonds is 3. The Bertz CT molecular complexity index is 685. The highest BCUT2D eigenvalue weighted by atomic mass is 16.4. The molecule has 0 spiro atoms. The maximum atomic E-state index is 11.9. The lowest BCUT2D eigenvalue weighted by atomic mass is 10.1. The average Bonchev–Trinajstić information content (AvgIpc) is 3.07. The lowest BCUT2D eigenvalue weighted by Crippen LogP contribution is -2.31. The zero-order valence-electron chi connectivity index (χ0n) is 10.3. The highest BCUT2D eigenvalue weighted by Crippen LogP contribution is 2.46. The van der Waals surface area contributed by atoms with Gasteiger partial charge < -0.3 is 14.8 Å². The molecule has 98 valence electrons. The minimum Gasteiger partial charge on any atom is -0.480 e. The van der Waals surface area contributed by atoms with Crippen LogP contribution in [0.5, 0.6) is 0 Å². The van der Waals surface area contributed by atoms with E-state index in [0.29, 0.717) is 35.5 Å². The van der Waals surface area contributed by atoms with Gasteiger partial charge >= 0.3 is 5.97 Å². The monoisotopic (exact) mass is 260 g/mol. The second-order valence-corrected chi connectivity index (χ2v) is 4.76. The van der Waals surface area contributed by atoms with Gasteiger partial charge in [0.25, 0.3) is 0 Å². The SMILES string of the molecule is Cc1nc2cc(NC(=O)C3(C(=O)O)CC3)ccc2o1. The lowest BCUT2D eigenvalue weighted by molar-refractivity contribution is -0.147. The normalized spacial score (nSPS) is 16.3. The standard InChI is InChI=1S/C13H12N2O4/c1-7-14-9-6-8(2-3-10(9)19-7)15-11(16)13(4-5-13)12(17)18/h2-3,6H,4-5H2,1H3,(H,15,16)(H,17,18). The number of carbonyl (C=O) groups excluding carboxylic acids is 1. The molecule has 1 aliphatic carbocycles. The summed E-state index contributed by atoms with van der Waals surface area (Å²) in [6, 6.07) is 5.04. The summed E-state index contributed by atoms with van der Waals surface area (Å²) >= 11 is 0. The number of aryl methyl sites for hydroxylation is 1. The third-order valence-electron chi connectivity index (χ3n) is 3.35. The van der Waals surface area contributed by atoms with Crippen LogP contribution in [0.2, 0.25) is 0 Å². The van der Waals surface area contributed by atoms with Crippen LogP contribution in [0, 0.1) is 12.3 Å². The number of carbonyl (C=O) groups is 2. The summed E-state index contributed by atoms with van der Waals surface area (Å²) in [7, 11) is 0. The number of nitrogens with zero attached hydrogens (tertiary/aromatic N) is 1. The van der Waals surface area contributed by atoms with Crippen LogP contribution in [0.15, 0.2) is 22.6 Å². The van der Waals surface area contributed by atoms with Crippen molar-refractivity contribution < 1.29 is 19.1 Å². The molecule has 1 aromatic carbocycles. The van der Waals surface area contributed by atoms with Crippen LogP contribution in [0.4, 0.5) is 5.69 Å². The van der Waals surface area contributed by atoms with Gasteiger partial charge in [0.1, 0.15) is 10.9 Å². The summed E-state index contributed by atoms with van der Waals surface area (Å²) in [6.45, 7) is 1.74. The number of hydrogen-bond donors (Lipinski definition) is 2. The Morgan fingerprint density at radius 3 is 2.79 bits per heavy atom. The van der Waals surface area contributed by atoms with Gasteiger partial charge in [0.2, 0.25) is 5.91 Å². The van der Waals surface area contributed by atoms with Crippen molar-refractivity contribution in [2.75, 3.05) is 5.32 Å². The van der Waals surface area contributed by atoms with Gasteiger partial charge in [-0.2, -0.15) is 0 Å². The molecular formula is C13H12N2O4. The molecule has 3 rings (SSSR count). The van der Waals surface area contributed by atoms with Crippen LogP contribution >= 0.6 is 0 Å². The highest BCUT2D eigenvalue weighted by Gasteiger charge is 2.57. The van der Waals surface area contributed by atoms with Crippen molar-refractivity contribution in [3.8, 4) is 0 Å². The predicted molar refractivity (Wildman–Crippen MR) is 66.7 cm³/mol. The summed E-state index contributed by atoms with van der Waals surface area (Å²) in [6.07, 6.45) is 0.777. The Balaban J connectivity index is 1.85. The van der Waals surface area contributed by atoms with Gasteiger partial charge in [0, 0.05) is 12.6 Å². The molecule has 6 heteroatoms. The van der Waals surface area contributed by atoms with Gasteiger partial charge in [-0.25, -0.2) is 4.98 Å². The summed E-state index contributed by atoms with van der Waals surface area (Å²) in [5.74, 6) is -0.995. The first-order valence-corrected chi connectivity index (χ1v) is 5.93. The molecule has 1 amide bonds. The largest absolute Gasteiger partial charge is 0.480 e. The number of aliphatic carboxylic acids is 1. The number of carboxylic acid groups (broad SMARTS) is 1. The van der Waals surface area contributed by atoms with E-state index in [4.69, 9.17) is 9.52 Å². The molecule has 0 saturated heterocycles. The summed E-state index contributed by atoms with van der Waals surface area (Å²) in [5, 5.41) is 11.7. The van der Waals surface area contributed by atoms with E-state index >= 15 is 0 Å². The van der Waals surface area contributed by atoms with Crippen molar-refractivity contribution in [2.45, 2.75) is 19.8 Å². The van der Waals surface area contributed by atoms with Crippen molar-refractivity contribution in [3.63, 3.8) is 0 Å². The molecule has 2 aromatic rings. The number of anilines is 1. The third kappa shape index (κ3) is 1.85. The minimum absolute atomic E-state index is 0.388. The molecule has 1 fully saturated rings. The first kappa shape index (κ1) is 11.7. The molecule has 0 unspecified atom stereocenters. The van der Waals surface area contributed by atoms with E-state index in [2.05, 4.69) is 10.3 Å². The summed E-state index contributed by atoms with van der Waals surface area (Å²) in [4.78, 5) is 27.1. The summed E-state index contributed by atoms with van der Waals surface area (Å²) in [5.41, 5.74) is 0.554. The van der Waals surface area contributed by atoms with Crippen molar-refractivity contribution in [1.82, 2.24) is 4.98 Å². The fourth-order valence-electron chi connectivity index (χ4n) is 2.03. The number of fused-ring (bicyclic) bond motifs is 1. The number of hydrogen-bond acceptors (Lipinski definition) is 4. The molecule has 0 radical (unpaired) electrons. The van der Waals surface area contributed by atoms with Gasteiger partial charge in [0.05, 0.1) is 0 Å². The quantitative estimate of drug-likeness (QED) is 0.823. The van der Waals surface area contributed by atoms with Gasteiger partial charge in [-0.15, -0.1) is 0 Å². The maximum Gasteiger partial charge on any atom is 0.319 e. The van der Waals surface area contributed by atoms with E-state index in [0.717, 1.165) is 0 Å². The molecule has 1 saturated carbocycles. The molecule has 19 heavy (non-hydrogen) atoms. The number of nitrogens with one attached hydrogen (secondary N) is 1. The molecule has 0 aliphatic heterocycles. The average molecular weight is 260 g/mol.